The first-order valence-electron chi connectivity index (χ1n) is 3.92. The molecule has 2 N–H and O–H groups in total. The average molecular weight is 186 g/mol. The molecule has 0 amide bonds. The van der Waals surface area contributed by atoms with E-state index in [-0.39, 0.29) is 17.8 Å². The van der Waals surface area contributed by atoms with Gasteiger partial charge in [-0.2, -0.15) is 0 Å². The average Bonchev–Trinajstić information content (AvgIpc) is 2.06. The van der Waals surface area contributed by atoms with E-state index in [1.165, 1.54) is 5.56 Å². The maximum Gasteiger partial charge on any atom is 0.00190 e. The highest BCUT2D eigenvalue weighted by Crippen LogP contribution is 2.20. The summed E-state index contributed by atoms with van der Waals surface area (Å²) in [5.41, 5.74) is 7.06. The number of hydrogen-bond acceptors (Lipinski definition) is 1. The van der Waals surface area contributed by atoms with Crippen molar-refractivity contribution in [2.24, 2.45) is 5.73 Å². The van der Waals surface area contributed by atoms with Gasteiger partial charge >= 0.3 is 0 Å². The second-order valence-electron chi connectivity index (χ2n) is 3.45. The zero-order chi connectivity index (χ0) is 8.32. The molecule has 0 saturated heterocycles. The van der Waals surface area contributed by atoms with E-state index >= 15 is 0 Å². The van der Waals surface area contributed by atoms with Gasteiger partial charge in [-0.3, -0.25) is 0 Å². The van der Waals surface area contributed by atoms with E-state index in [1.54, 1.807) is 0 Å². The van der Waals surface area contributed by atoms with Gasteiger partial charge in [0.2, 0.25) is 0 Å². The number of rotatable bonds is 2. The van der Waals surface area contributed by atoms with Gasteiger partial charge in [0.05, 0.1) is 0 Å². The molecule has 0 saturated carbocycles. The first-order chi connectivity index (χ1) is 5.17. The van der Waals surface area contributed by atoms with Crippen molar-refractivity contribution in [2.45, 2.75) is 19.3 Å². The predicted molar refractivity (Wildman–Crippen MR) is 55.8 cm³/mol. The van der Waals surface area contributed by atoms with Crippen LogP contribution in [0.5, 0.6) is 0 Å². The molecule has 0 radical (unpaired) electrons. The minimum atomic E-state index is 0. The van der Waals surface area contributed by atoms with Crippen LogP contribution < -0.4 is 5.73 Å². The minimum absolute atomic E-state index is 0. The molecule has 68 valence electrons. The highest BCUT2D eigenvalue weighted by atomic mass is 35.5. The van der Waals surface area contributed by atoms with Crippen LogP contribution in [0, 0.1) is 0 Å². The van der Waals surface area contributed by atoms with Crippen molar-refractivity contribution < 1.29 is 0 Å². The van der Waals surface area contributed by atoms with Crippen LogP contribution in [0.3, 0.4) is 0 Å². The number of nitrogens with two attached hydrogens (primary N) is 1. The molecule has 0 fully saturated rings. The fourth-order valence-electron chi connectivity index (χ4n) is 1.01. The maximum absolute atomic E-state index is 5.64. The van der Waals surface area contributed by atoms with Crippen molar-refractivity contribution in [1.29, 1.82) is 0 Å². The third-order valence-electron chi connectivity index (χ3n) is 2.07. The van der Waals surface area contributed by atoms with Crippen LogP contribution in [-0.2, 0) is 5.41 Å². The lowest BCUT2D eigenvalue weighted by Gasteiger charge is -2.22. The Labute approximate surface area is 80.4 Å². The fourth-order valence-corrected chi connectivity index (χ4v) is 1.01. The van der Waals surface area contributed by atoms with Crippen LogP contribution >= 0.6 is 12.4 Å². The molecule has 0 aliphatic rings. The van der Waals surface area contributed by atoms with Gasteiger partial charge in [0.25, 0.3) is 0 Å². The maximum atomic E-state index is 5.64. The highest BCUT2D eigenvalue weighted by molar-refractivity contribution is 5.85. The highest BCUT2D eigenvalue weighted by Gasteiger charge is 2.16. The van der Waals surface area contributed by atoms with E-state index in [2.05, 4.69) is 26.0 Å². The summed E-state index contributed by atoms with van der Waals surface area (Å²) in [7, 11) is 0. The van der Waals surface area contributed by atoms with Crippen molar-refractivity contribution in [3.8, 4) is 0 Å². The molecule has 0 heterocycles. The monoisotopic (exact) mass is 185 g/mol. The van der Waals surface area contributed by atoms with Gasteiger partial charge in [-0.25, -0.2) is 0 Å². The van der Waals surface area contributed by atoms with E-state index in [0.717, 1.165) is 0 Å². The molecule has 2 heteroatoms. The quantitative estimate of drug-likeness (QED) is 0.752. The molecular formula is C10H16ClN. The molecule has 0 spiro atoms. The van der Waals surface area contributed by atoms with Crippen molar-refractivity contribution in [3.05, 3.63) is 35.9 Å². The molecule has 0 bridgehead atoms. The van der Waals surface area contributed by atoms with Crippen LogP contribution in [0.4, 0.5) is 0 Å². The molecular weight excluding hydrogens is 170 g/mol. The SMILES string of the molecule is CC(C)(CN)c1ccccc1.Cl. The smallest absolute Gasteiger partial charge is 0.00190 e. The molecule has 1 nitrogen and oxygen atoms in total. The molecule has 12 heavy (non-hydrogen) atoms. The molecule has 1 aromatic carbocycles. The van der Waals surface area contributed by atoms with Crippen molar-refractivity contribution in [3.63, 3.8) is 0 Å². The Morgan fingerprint density at radius 2 is 1.67 bits per heavy atom. The van der Waals surface area contributed by atoms with Crippen LogP contribution in [0.25, 0.3) is 0 Å². The lowest BCUT2D eigenvalue weighted by molar-refractivity contribution is 0.539. The normalized spacial score (nSPS) is 10.6. The summed E-state index contributed by atoms with van der Waals surface area (Å²) >= 11 is 0. The Kier molecular flexibility index (Phi) is 4.29. The number of hydrogen-bond donors (Lipinski definition) is 1. The van der Waals surface area contributed by atoms with Gasteiger partial charge in [0.1, 0.15) is 0 Å². The molecule has 1 aromatic rings. The number of benzene rings is 1. The molecule has 1 rings (SSSR count). The zero-order valence-electron chi connectivity index (χ0n) is 7.58. The van der Waals surface area contributed by atoms with Crippen LogP contribution in [0.15, 0.2) is 30.3 Å². The molecule has 0 aromatic heterocycles. The zero-order valence-corrected chi connectivity index (χ0v) is 8.40. The molecule has 0 aliphatic heterocycles. The first-order valence-corrected chi connectivity index (χ1v) is 3.92. The summed E-state index contributed by atoms with van der Waals surface area (Å²) in [6.07, 6.45) is 0. The van der Waals surface area contributed by atoms with E-state index in [1.807, 2.05) is 18.2 Å². The van der Waals surface area contributed by atoms with Gasteiger partial charge in [-0.05, 0) is 5.56 Å². The molecule has 0 unspecified atom stereocenters. The van der Waals surface area contributed by atoms with E-state index in [4.69, 9.17) is 5.73 Å². The third-order valence-corrected chi connectivity index (χ3v) is 2.07. The molecule has 0 aliphatic carbocycles. The lowest BCUT2D eigenvalue weighted by atomic mass is 9.85. The van der Waals surface area contributed by atoms with Crippen LogP contribution in [-0.4, -0.2) is 6.54 Å². The van der Waals surface area contributed by atoms with Gasteiger partial charge in [-0.15, -0.1) is 12.4 Å². The predicted octanol–water partition coefficient (Wildman–Crippen LogP) is 2.34. The fraction of sp³-hybridized carbons (Fsp3) is 0.400. The van der Waals surface area contributed by atoms with Crippen molar-refractivity contribution in [2.75, 3.05) is 6.54 Å². The number of halogens is 1. The summed E-state index contributed by atoms with van der Waals surface area (Å²) in [4.78, 5) is 0. The van der Waals surface area contributed by atoms with Crippen molar-refractivity contribution in [1.82, 2.24) is 0 Å². The van der Waals surface area contributed by atoms with Gasteiger partial charge < -0.3 is 5.73 Å². The standard InChI is InChI=1S/C10H15N.ClH/c1-10(2,8-11)9-6-4-3-5-7-9;/h3-7H,8,11H2,1-2H3;1H. The second-order valence-corrected chi connectivity index (χ2v) is 3.45. The van der Waals surface area contributed by atoms with E-state index < -0.39 is 0 Å². The van der Waals surface area contributed by atoms with Crippen LogP contribution in [0.1, 0.15) is 19.4 Å². The topological polar surface area (TPSA) is 26.0 Å². The summed E-state index contributed by atoms with van der Waals surface area (Å²) in [6.45, 7) is 5.00. The minimum Gasteiger partial charge on any atom is -0.330 e. The van der Waals surface area contributed by atoms with E-state index in [9.17, 15) is 0 Å². The van der Waals surface area contributed by atoms with Crippen LogP contribution in [0.2, 0.25) is 0 Å². The lowest BCUT2D eigenvalue weighted by Crippen LogP contribution is -2.27. The van der Waals surface area contributed by atoms with Gasteiger partial charge in [-0.1, -0.05) is 44.2 Å². The van der Waals surface area contributed by atoms with Gasteiger partial charge in [0, 0.05) is 12.0 Å². The molecule has 0 atom stereocenters. The second kappa shape index (κ2) is 4.48. The Balaban J connectivity index is 0.00000121. The first kappa shape index (κ1) is 11.5. The summed E-state index contributed by atoms with van der Waals surface area (Å²) in [5, 5.41) is 0. The largest absolute Gasteiger partial charge is 0.330 e. The summed E-state index contributed by atoms with van der Waals surface area (Å²) in [6, 6.07) is 10.4. The summed E-state index contributed by atoms with van der Waals surface area (Å²) in [5.74, 6) is 0. The Morgan fingerprint density at radius 3 is 2.08 bits per heavy atom. The Bertz CT molecular complexity index is 219. The summed E-state index contributed by atoms with van der Waals surface area (Å²) < 4.78 is 0. The Morgan fingerprint density at radius 1 is 1.17 bits per heavy atom. The third kappa shape index (κ3) is 2.50. The van der Waals surface area contributed by atoms with Crippen molar-refractivity contribution >= 4 is 12.4 Å². The van der Waals surface area contributed by atoms with Gasteiger partial charge in [0.15, 0.2) is 0 Å². The Hall–Kier alpha value is -0.530. The van der Waals surface area contributed by atoms with E-state index in [0.29, 0.717) is 6.54 Å².